The Balaban J connectivity index is 4.50. The zero-order valence-electron chi connectivity index (χ0n) is 31.9. The Kier molecular flexibility index (Phi) is 33.3. The van der Waals surface area contributed by atoms with E-state index in [1.807, 2.05) is 36.5 Å². The van der Waals surface area contributed by atoms with E-state index in [4.69, 9.17) is 24.8 Å². The number of carboxylic acids is 1. The molecule has 12 heteroatoms. The minimum absolute atomic E-state index is 0.142. The van der Waals surface area contributed by atoms with Gasteiger partial charge in [-0.15, -0.1) is 0 Å². The second kappa shape index (κ2) is 35.2. The number of phosphoric acid groups is 1. The number of esters is 2. The summed E-state index contributed by atoms with van der Waals surface area (Å²) in [4.78, 5) is 45.8. The predicted octanol–water partition coefficient (Wildman–Crippen LogP) is 9.61. The Morgan fingerprint density at radius 1 is 0.615 bits per heavy atom. The van der Waals surface area contributed by atoms with E-state index in [0.717, 1.165) is 77.0 Å². The second-order valence-electron chi connectivity index (χ2n) is 12.8. The van der Waals surface area contributed by atoms with Gasteiger partial charge in [-0.05, 0) is 57.8 Å². The van der Waals surface area contributed by atoms with Crippen molar-refractivity contribution in [1.82, 2.24) is 0 Å². The van der Waals surface area contributed by atoms with Crippen LogP contribution in [0.25, 0.3) is 0 Å². The molecule has 0 bridgehead atoms. The topological polar surface area (TPSA) is 172 Å². The fourth-order valence-corrected chi connectivity index (χ4v) is 5.55. The molecule has 0 fully saturated rings. The molecule has 0 aromatic heterocycles. The number of aliphatic carboxylic acids is 1. The second-order valence-corrected chi connectivity index (χ2v) is 14.2. The van der Waals surface area contributed by atoms with Gasteiger partial charge in [0.2, 0.25) is 0 Å². The van der Waals surface area contributed by atoms with Crippen LogP contribution in [-0.4, -0.2) is 59.9 Å². The summed E-state index contributed by atoms with van der Waals surface area (Å²) < 4.78 is 32.5. The number of rotatable bonds is 35. The number of carbonyl (C=O) groups excluding carboxylic acids is 2. The van der Waals surface area contributed by atoms with Crippen molar-refractivity contribution in [3.8, 4) is 0 Å². The van der Waals surface area contributed by atoms with E-state index in [9.17, 15) is 23.8 Å². The standard InChI is InChI=1S/C40H68NO10P/c1-3-5-7-9-11-13-15-17-18-20-21-23-25-27-29-31-38(42)48-33-36(34-49-52(46,47)50-35-37(41)40(44)45)51-39(43)32-30-28-26-24-22-19-16-14-12-10-8-6-4-2/h5,7,9,11,13-18,36-37H,3-4,6,8,10,12,19-35,41H2,1-2H3,(H,44,45)(H,46,47)/b7-5+,11-9+,15-13+,16-14+,18-17+/t36-,37+/m1/s1. The molecular weight excluding hydrogens is 685 g/mol. The van der Waals surface area contributed by atoms with Gasteiger partial charge in [0, 0.05) is 12.8 Å². The molecule has 0 saturated heterocycles. The van der Waals surface area contributed by atoms with Gasteiger partial charge >= 0.3 is 25.7 Å². The normalized spacial score (nSPS) is 14.5. The van der Waals surface area contributed by atoms with E-state index >= 15 is 0 Å². The molecule has 0 aliphatic rings. The van der Waals surface area contributed by atoms with Crippen LogP contribution in [0.2, 0.25) is 0 Å². The number of hydrogen-bond acceptors (Lipinski definition) is 9. The third kappa shape index (κ3) is 34.3. The number of unbranched alkanes of at least 4 members (excludes halogenated alkanes) is 14. The minimum atomic E-state index is -4.72. The Hall–Kier alpha value is -2.82. The maximum absolute atomic E-state index is 12.6. The lowest BCUT2D eigenvalue weighted by atomic mass is 10.1. The molecule has 0 spiro atoms. The Labute approximate surface area is 313 Å². The quantitative estimate of drug-likeness (QED) is 0.0185. The summed E-state index contributed by atoms with van der Waals surface area (Å²) in [6.45, 7) is 2.58. The number of phosphoric ester groups is 1. The molecule has 52 heavy (non-hydrogen) atoms. The maximum Gasteiger partial charge on any atom is 0.472 e. The largest absolute Gasteiger partial charge is 0.480 e. The molecule has 0 heterocycles. The SMILES string of the molecule is CC/C=C/C=C/C=C/C=C/CCCCCCCC(=O)OC[C@H](COP(=O)(O)OC[C@H](N)C(=O)O)OC(=O)CCCCCCC/C=C/CCCCCC. The third-order valence-corrected chi connectivity index (χ3v) is 8.79. The number of nitrogens with two attached hydrogens (primary N) is 1. The van der Waals surface area contributed by atoms with Crippen molar-refractivity contribution in [3.63, 3.8) is 0 Å². The van der Waals surface area contributed by atoms with Crippen molar-refractivity contribution in [3.05, 3.63) is 60.8 Å². The average Bonchev–Trinajstić information content (AvgIpc) is 3.12. The predicted molar refractivity (Wildman–Crippen MR) is 208 cm³/mol. The summed E-state index contributed by atoms with van der Waals surface area (Å²) in [6.07, 6.45) is 38.6. The van der Waals surface area contributed by atoms with Crippen molar-refractivity contribution in [2.75, 3.05) is 19.8 Å². The highest BCUT2D eigenvalue weighted by atomic mass is 31.2. The molecule has 1 unspecified atom stereocenters. The van der Waals surface area contributed by atoms with Gasteiger partial charge in [-0.25, -0.2) is 4.57 Å². The number of allylic oxidation sites excluding steroid dienone is 10. The summed E-state index contributed by atoms with van der Waals surface area (Å²) in [5.41, 5.74) is 5.31. The molecule has 0 aromatic carbocycles. The van der Waals surface area contributed by atoms with Gasteiger partial charge in [0.25, 0.3) is 0 Å². The van der Waals surface area contributed by atoms with Gasteiger partial charge in [-0.1, -0.05) is 132 Å². The summed E-state index contributed by atoms with van der Waals surface area (Å²) in [6, 6.07) is -1.53. The van der Waals surface area contributed by atoms with Gasteiger partial charge in [0.1, 0.15) is 12.6 Å². The Morgan fingerprint density at radius 2 is 1.10 bits per heavy atom. The first kappa shape index (κ1) is 49.2. The molecule has 0 aliphatic heterocycles. The zero-order chi connectivity index (χ0) is 38.5. The van der Waals surface area contributed by atoms with E-state index < -0.39 is 51.1 Å². The number of carboxylic acid groups (broad SMARTS) is 1. The fraction of sp³-hybridized carbons (Fsp3) is 0.675. The molecule has 3 atom stereocenters. The Bertz CT molecular complexity index is 1120. The molecular formula is C40H68NO10P. The highest BCUT2D eigenvalue weighted by Gasteiger charge is 2.28. The molecule has 298 valence electrons. The molecule has 0 aromatic rings. The molecule has 0 radical (unpaired) electrons. The van der Waals surface area contributed by atoms with E-state index in [1.165, 1.54) is 25.7 Å². The minimum Gasteiger partial charge on any atom is -0.480 e. The number of ether oxygens (including phenoxy) is 2. The van der Waals surface area contributed by atoms with Crippen LogP contribution >= 0.6 is 7.82 Å². The van der Waals surface area contributed by atoms with Gasteiger partial charge in [-0.3, -0.25) is 23.4 Å². The fourth-order valence-electron chi connectivity index (χ4n) is 4.77. The molecule has 0 saturated carbocycles. The van der Waals surface area contributed by atoms with Gasteiger partial charge in [-0.2, -0.15) is 0 Å². The molecule has 11 nitrogen and oxygen atoms in total. The summed E-state index contributed by atoms with van der Waals surface area (Å²) in [7, 11) is -4.72. The van der Waals surface area contributed by atoms with Crippen LogP contribution in [0, 0.1) is 0 Å². The third-order valence-electron chi connectivity index (χ3n) is 7.84. The van der Waals surface area contributed by atoms with Crippen molar-refractivity contribution in [2.45, 2.75) is 154 Å². The van der Waals surface area contributed by atoms with Crippen molar-refractivity contribution in [1.29, 1.82) is 0 Å². The van der Waals surface area contributed by atoms with E-state index in [1.54, 1.807) is 0 Å². The molecule has 0 amide bonds. The smallest absolute Gasteiger partial charge is 0.472 e. The monoisotopic (exact) mass is 753 g/mol. The maximum atomic E-state index is 12.6. The molecule has 4 N–H and O–H groups in total. The van der Waals surface area contributed by atoms with Crippen LogP contribution in [0.15, 0.2) is 60.8 Å². The molecule has 0 aliphatic carbocycles. The van der Waals surface area contributed by atoms with Crippen LogP contribution in [0.5, 0.6) is 0 Å². The van der Waals surface area contributed by atoms with Gasteiger partial charge in [0.15, 0.2) is 6.10 Å². The molecule has 0 rings (SSSR count). The average molecular weight is 754 g/mol. The van der Waals surface area contributed by atoms with Gasteiger partial charge < -0.3 is 25.2 Å². The van der Waals surface area contributed by atoms with Gasteiger partial charge in [0.05, 0.1) is 13.2 Å². The van der Waals surface area contributed by atoms with E-state index in [2.05, 4.69) is 42.7 Å². The zero-order valence-corrected chi connectivity index (χ0v) is 32.8. The summed E-state index contributed by atoms with van der Waals surface area (Å²) in [5.74, 6) is -2.43. The summed E-state index contributed by atoms with van der Waals surface area (Å²) >= 11 is 0. The first-order valence-electron chi connectivity index (χ1n) is 19.4. The highest BCUT2D eigenvalue weighted by molar-refractivity contribution is 7.47. The lowest BCUT2D eigenvalue weighted by Gasteiger charge is -2.20. The van der Waals surface area contributed by atoms with Crippen LogP contribution in [0.4, 0.5) is 0 Å². The van der Waals surface area contributed by atoms with E-state index in [-0.39, 0.29) is 19.4 Å². The number of hydrogen-bond donors (Lipinski definition) is 3. The highest BCUT2D eigenvalue weighted by Crippen LogP contribution is 2.43. The van der Waals surface area contributed by atoms with Crippen LogP contribution in [0.3, 0.4) is 0 Å². The first-order chi connectivity index (χ1) is 25.1. The van der Waals surface area contributed by atoms with Crippen LogP contribution < -0.4 is 5.73 Å². The lowest BCUT2D eigenvalue weighted by Crippen LogP contribution is -2.34. The summed E-state index contributed by atoms with van der Waals surface area (Å²) in [5, 5.41) is 8.86. The van der Waals surface area contributed by atoms with Crippen molar-refractivity contribution < 1.29 is 47.5 Å². The van der Waals surface area contributed by atoms with Crippen molar-refractivity contribution in [2.24, 2.45) is 5.73 Å². The van der Waals surface area contributed by atoms with Crippen LogP contribution in [-0.2, 0) is 37.5 Å². The first-order valence-corrected chi connectivity index (χ1v) is 20.9. The van der Waals surface area contributed by atoms with Crippen LogP contribution in [0.1, 0.15) is 142 Å². The number of carbonyl (C=O) groups is 3. The van der Waals surface area contributed by atoms with E-state index in [0.29, 0.717) is 12.8 Å². The lowest BCUT2D eigenvalue weighted by molar-refractivity contribution is -0.161. The van der Waals surface area contributed by atoms with Crippen molar-refractivity contribution >= 4 is 25.7 Å². The Morgan fingerprint density at radius 3 is 1.67 bits per heavy atom.